The number of anilines is 1. The van der Waals surface area contributed by atoms with Crippen molar-refractivity contribution in [2.24, 2.45) is 4.99 Å². The first kappa shape index (κ1) is 17.0. The number of hydrogen-bond donors (Lipinski definition) is 2. The van der Waals surface area contributed by atoms with Crippen LogP contribution in [0.3, 0.4) is 0 Å². The Morgan fingerprint density at radius 2 is 1.96 bits per heavy atom. The Morgan fingerprint density at radius 3 is 2.68 bits per heavy atom. The van der Waals surface area contributed by atoms with Crippen LogP contribution in [-0.2, 0) is 0 Å². The molecule has 0 radical (unpaired) electrons. The molecular formula is C21H22FN3. The molecule has 0 bridgehead atoms. The Morgan fingerprint density at radius 1 is 1.20 bits per heavy atom. The lowest BCUT2D eigenvalue weighted by atomic mass is 10.0. The molecule has 0 amide bonds. The maximum Gasteiger partial charge on any atom is 0.151 e. The highest BCUT2D eigenvalue weighted by Crippen LogP contribution is 2.29. The quantitative estimate of drug-likeness (QED) is 0.586. The summed E-state index contributed by atoms with van der Waals surface area (Å²) in [7, 11) is 1.89. The molecule has 4 heteroatoms. The lowest BCUT2D eigenvalue weighted by Gasteiger charge is -2.09. The predicted molar refractivity (Wildman–Crippen MR) is 105 cm³/mol. The molecule has 128 valence electrons. The van der Waals surface area contributed by atoms with E-state index in [9.17, 15) is 4.39 Å². The number of aromatic nitrogens is 1. The summed E-state index contributed by atoms with van der Waals surface area (Å²) < 4.78 is 14.5. The molecule has 3 nitrogen and oxygen atoms in total. The number of nitrogens with zero attached hydrogens (tertiary/aromatic N) is 1. The molecule has 0 aliphatic heterocycles. The van der Waals surface area contributed by atoms with Gasteiger partial charge in [0.15, 0.2) is 5.82 Å². The molecule has 0 spiro atoms. The van der Waals surface area contributed by atoms with Crippen molar-refractivity contribution < 1.29 is 4.39 Å². The summed E-state index contributed by atoms with van der Waals surface area (Å²) in [5.41, 5.74) is 5.71. The van der Waals surface area contributed by atoms with Crippen LogP contribution in [0.1, 0.15) is 25.0 Å². The highest BCUT2D eigenvalue weighted by Gasteiger charge is 2.15. The fraction of sp³-hybridized carbons (Fsp3) is 0.190. The Labute approximate surface area is 147 Å². The molecule has 1 heterocycles. The van der Waals surface area contributed by atoms with Crippen LogP contribution < -0.4 is 5.32 Å². The van der Waals surface area contributed by atoms with Crippen molar-refractivity contribution in [1.82, 2.24) is 4.98 Å². The van der Waals surface area contributed by atoms with E-state index < -0.39 is 0 Å². The maximum atomic E-state index is 14.5. The minimum Gasteiger partial charge on any atom is -0.386 e. The molecule has 0 atom stereocenters. The van der Waals surface area contributed by atoms with E-state index in [0.717, 1.165) is 33.4 Å². The van der Waals surface area contributed by atoms with E-state index >= 15 is 0 Å². The number of halogens is 1. The van der Waals surface area contributed by atoms with Crippen LogP contribution in [-0.4, -0.2) is 17.7 Å². The van der Waals surface area contributed by atoms with Gasteiger partial charge in [-0.15, -0.1) is 0 Å². The molecule has 0 aliphatic carbocycles. The summed E-state index contributed by atoms with van der Waals surface area (Å²) >= 11 is 0. The largest absolute Gasteiger partial charge is 0.386 e. The van der Waals surface area contributed by atoms with Crippen molar-refractivity contribution in [1.29, 1.82) is 0 Å². The molecule has 0 saturated heterocycles. The topological polar surface area (TPSA) is 40.2 Å². The van der Waals surface area contributed by atoms with Gasteiger partial charge in [-0.05, 0) is 44.0 Å². The van der Waals surface area contributed by atoms with Gasteiger partial charge in [-0.3, -0.25) is 0 Å². The molecule has 3 rings (SSSR count). The highest BCUT2D eigenvalue weighted by molar-refractivity contribution is 6.20. The van der Waals surface area contributed by atoms with Crippen LogP contribution in [0, 0.1) is 12.7 Å². The fourth-order valence-electron chi connectivity index (χ4n) is 2.89. The Hall–Kier alpha value is -2.88. The summed E-state index contributed by atoms with van der Waals surface area (Å²) in [4.78, 5) is 7.99. The van der Waals surface area contributed by atoms with Crippen LogP contribution in [0.5, 0.6) is 0 Å². The number of rotatable bonds is 4. The number of nitrogens with one attached hydrogen (secondary N) is 2. The molecule has 0 saturated carbocycles. The number of aryl methyl sites for hydroxylation is 1. The molecule has 2 N–H and O–H groups in total. The average molecular weight is 335 g/mol. The van der Waals surface area contributed by atoms with Crippen molar-refractivity contribution in [3.63, 3.8) is 0 Å². The summed E-state index contributed by atoms with van der Waals surface area (Å²) in [5.74, 6) is -0.278. The number of aliphatic imine (C=N–C) groups is 1. The standard InChI is InChI=1S/C21H22FN3/c1-5-13(2)20(25-17-10-6-8-14(3)19(17)22)16-12-24-21-15(16)9-7-11-18(21)23-4/h5-12,23-24H,1-4H3/b13-5-,25-20+. The third-order valence-corrected chi connectivity index (χ3v) is 4.45. The van der Waals surface area contributed by atoms with Gasteiger partial charge in [0.05, 0.1) is 22.6 Å². The first-order valence-electron chi connectivity index (χ1n) is 8.32. The molecule has 2 aromatic carbocycles. The van der Waals surface area contributed by atoms with Crippen LogP contribution in [0.2, 0.25) is 0 Å². The number of hydrogen-bond acceptors (Lipinski definition) is 2. The second-order valence-electron chi connectivity index (χ2n) is 6.02. The first-order valence-corrected chi connectivity index (χ1v) is 8.32. The number of para-hydroxylation sites is 1. The van der Waals surface area contributed by atoms with Gasteiger partial charge in [-0.25, -0.2) is 9.38 Å². The van der Waals surface area contributed by atoms with Crippen molar-refractivity contribution in [3.8, 4) is 0 Å². The van der Waals surface area contributed by atoms with E-state index in [0.29, 0.717) is 11.3 Å². The molecule has 25 heavy (non-hydrogen) atoms. The normalized spacial score (nSPS) is 12.7. The zero-order valence-corrected chi connectivity index (χ0v) is 14.9. The number of fused-ring (bicyclic) bond motifs is 1. The minimum atomic E-state index is -0.278. The average Bonchev–Trinajstić information content (AvgIpc) is 3.06. The lowest BCUT2D eigenvalue weighted by molar-refractivity contribution is 0.621. The number of H-pyrrole nitrogens is 1. The van der Waals surface area contributed by atoms with Gasteiger partial charge in [0.2, 0.25) is 0 Å². The van der Waals surface area contributed by atoms with E-state index in [4.69, 9.17) is 0 Å². The van der Waals surface area contributed by atoms with Gasteiger partial charge in [-0.2, -0.15) is 0 Å². The second-order valence-corrected chi connectivity index (χ2v) is 6.02. The smallest absolute Gasteiger partial charge is 0.151 e. The zero-order valence-electron chi connectivity index (χ0n) is 14.9. The van der Waals surface area contributed by atoms with Crippen LogP contribution in [0.25, 0.3) is 10.9 Å². The summed E-state index contributed by atoms with van der Waals surface area (Å²) in [5, 5.41) is 4.24. The van der Waals surface area contributed by atoms with Gasteiger partial charge in [0.25, 0.3) is 0 Å². The minimum absolute atomic E-state index is 0.278. The molecule has 0 unspecified atom stereocenters. The van der Waals surface area contributed by atoms with E-state index in [2.05, 4.69) is 15.3 Å². The highest BCUT2D eigenvalue weighted by atomic mass is 19.1. The first-order chi connectivity index (χ1) is 12.1. The third kappa shape index (κ3) is 3.07. The van der Waals surface area contributed by atoms with Gasteiger partial charge < -0.3 is 10.3 Å². The van der Waals surface area contributed by atoms with Crippen LogP contribution in [0.4, 0.5) is 15.8 Å². The van der Waals surface area contributed by atoms with Crippen molar-refractivity contribution in [2.75, 3.05) is 12.4 Å². The molecule has 3 aromatic rings. The lowest BCUT2D eigenvalue weighted by Crippen LogP contribution is -2.02. The number of benzene rings is 2. The Bertz CT molecular complexity index is 980. The molecule has 1 aromatic heterocycles. The maximum absolute atomic E-state index is 14.5. The second kappa shape index (κ2) is 6.93. The van der Waals surface area contributed by atoms with E-state index in [-0.39, 0.29) is 5.82 Å². The van der Waals surface area contributed by atoms with Crippen LogP contribution >= 0.6 is 0 Å². The van der Waals surface area contributed by atoms with Gasteiger partial charge in [0, 0.05) is 24.2 Å². The summed E-state index contributed by atoms with van der Waals surface area (Å²) in [6.07, 6.45) is 3.93. The van der Waals surface area contributed by atoms with Gasteiger partial charge in [-0.1, -0.05) is 30.3 Å². The Balaban J connectivity index is 2.25. The monoisotopic (exact) mass is 335 g/mol. The summed E-state index contributed by atoms with van der Waals surface area (Å²) in [6.45, 7) is 5.71. The van der Waals surface area contributed by atoms with Crippen molar-refractivity contribution in [3.05, 3.63) is 71.2 Å². The third-order valence-electron chi connectivity index (χ3n) is 4.45. The van der Waals surface area contributed by atoms with E-state index in [1.807, 2.05) is 57.4 Å². The van der Waals surface area contributed by atoms with Gasteiger partial charge >= 0.3 is 0 Å². The number of allylic oxidation sites excluding steroid dienone is 2. The zero-order chi connectivity index (χ0) is 18.0. The molecular weight excluding hydrogens is 313 g/mol. The molecule has 0 fully saturated rings. The fourth-order valence-corrected chi connectivity index (χ4v) is 2.89. The van der Waals surface area contributed by atoms with E-state index in [1.54, 1.807) is 19.1 Å². The van der Waals surface area contributed by atoms with E-state index in [1.165, 1.54) is 0 Å². The van der Waals surface area contributed by atoms with Crippen molar-refractivity contribution in [2.45, 2.75) is 20.8 Å². The number of aromatic amines is 1. The SMILES string of the molecule is C/C=C(C)\C(=N/c1cccc(C)c1F)c1c[nH]c2c(NC)cccc12. The van der Waals surface area contributed by atoms with Crippen LogP contribution in [0.15, 0.2) is 59.2 Å². The van der Waals surface area contributed by atoms with Gasteiger partial charge in [0.1, 0.15) is 0 Å². The summed E-state index contributed by atoms with van der Waals surface area (Å²) in [6, 6.07) is 11.4. The molecule has 0 aliphatic rings. The van der Waals surface area contributed by atoms with Crippen molar-refractivity contribution >= 4 is 28.0 Å². The predicted octanol–water partition coefficient (Wildman–Crippen LogP) is 5.74. The Kier molecular flexibility index (Phi) is 4.70.